The molecule has 0 aliphatic carbocycles. The van der Waals surface area contributed by atoms with E-state index in [1.54, 1.807) is 13.8 Å². The monoisotopic (exact) mass is 346 g/mol. The number of hydrogen-bond acceptors (Lipinski definition) is 6. The Labute approximate surface area is 138 Å². The summed E-state index contributed by atoms with van der Waals surface area (Å²) in [5, 5.41) is 24.3. The van der Waals surface area contributed by atoms with Crippen LogP contribution in [-0.2, 0) is 24.0 Å². The number of amides is 3. The highest BCUT2D eigenvalue weighted by Gasteiger charge is 2.29. The number of nitrogens with two attached hydrogens (primary N) is 1. The third kappa shape index (κ3) is 8.08. The van der Waals surface area contributed by atoms with Crippen LogP contribution in [0.3, 0.4) is 0 Å². The van der Waals surface area contributed by atoms with Gasteiger partial charge >= 0.3 is 11.9 Å². The minimum atomic E-state index is -1.48. The number of carboxylic acid groups (broad SMARTS) is 2. The van der Waals surface area contributed by atoms with Crippen LogP contribution in [0.1, 0.15) is 20.3 Å². The van der Waals surface area contributed by atoms with E-state index in [1.807, 2.05) is 0 Å². The molecule has 0 saturated carbocycles. The molecule has 0 aliphatic rings. The first-order valence-corrected chi connectivity index (χ1v) is 7.09. The van der Waals surface area contributed by atoms with Crippen molar-refractivity contribution in [3.05, 3.63) is 0 Å². The minimum absolute atomic E-state index is 0.332. The van der Waals surface area contributed by atoms with E-state index < -0.39 is 60.6 Å². The maximum absolute atomic E-state index is 12.1. The Bertz CT molecular complexity index is 507. The number of carbonyl (C=O) groups excluding carboxylic acids is 3. The standard InChI is InChI=1S/C13H22N4O7/c1-6(2)11(13(23)24)17-12(22)7(3-10(20)21)16-9(19)5-15-8(18)4-14/h6-7,11H,3-5,14H2,1-2H3,(H,15,18)(H,16,19)(H,17,22)(H,20,21)(H,23,24). The van der Waals surface area contributed by atoms with Gasteiger partial charge in [0.25, 0.3) is 0 Å². The fraction of sp³-hybridized carbons (Fsp3) is 0.615. The smallest absolute Gasteiger partial charge is 0.326 e. The Morgan fingerprint density at radius 1 is 1.00 bits per heavy atom. The third-order valence-electron chi connectivity index (χ3n) is 2.89. The predicted molar refractivity (Wildman–Crippen MR) is 80.7 cm³/mol. The second-order valence-corrected chi connectivity index (χ2v) is 5.27. The lowest BCUT2D eigenvalue weighted by molar-refractivity contribution is -0.144. The van der Waals surface area contributed by atoms with Gasteiger partial charge in [-0.2, -0.15) is 0 Å². The van der Waals surface area contributed by atoms with Crippen LogP contribution in [0, 0.1) is 5.92 Å². The zero-order chi connectivity index (χ0) is 18.9. The molecule has 0 spiro atoms. The molecule has 0 aliphatic heterocycles. The van der Waals surface area contributed by atoms with Crippen molar-refractivity contribution in [2.45, 2.75) is 32.4 Å². The van der Waals surface area contributed by atoms with Crippen molar-refractivity contribution in [3.8, 4) is 0 Å². The number of hydrogen-bond donors (Lipinski definition) is 6. The van der Waals surface area contributed by atoms with Gasteiger partial charge in [-0.25, -0.2) is 4.79 Å². The minimum Gasteiger partial charge on any atom is -0.481 e. The van der Waals surface area contributed by atoms with Crippen molar-refractivity contribution in [1.82, 2.24) is 16.0 Å². The summed E-state index contributed by atoms with van der Waals surface area (Å²) in [6.45, 7) is 2.30. The summed E-state index contributed by atoms with van der Waals surface area (Å²) < 4.78 is 0. The summed E-state index contributed by atoms with van der Waals surface area (Å²) in [4.78, 5) is 56.6. The van der Waals surface area contributed by atoms with Gasteiger partial charge in [0.2, 0.25) is 17.7 Å². The maximum atomic E-state index is 12.1. The first-order valence-electron chi connectivity index (χ1n) is 7.09. The van der Waals surface area contributed by atoms with Gasteiger partial charge in [-0.1, -0.05) is 13.8 Å². The van der Waals surface area contributed by atoms with Crippen LogP contribution in [0.2, 0.25) is 0 Å². The highest BCUT2D eigenvalue weighted by molar-refractivity contribution is 5.94. The van der Waals surface area contributed by atoms with E-state index in [0.717, 1.165) is 0 Å². The summed E-state index contributed by atoms with van der Waals surface area (Å²) in [6, 6.07) is -2.71. The number of carbonyl (C=O) groups is 5. The van der Waals surface area contributed by atoms with Crippen LogP contribution in [0.5, 0.6) is 0 Å². The Kier molecular flexibility index (Phi) is 9.02. The quantitative estimate of drug-likeness (QED) is 0.245. The molecule has 2 atom stereocenters. The molecule has 0 aromatic heterocycles. The molecule has 0 bridgehead atoms. The lowest BCUT2D eigenvalue weighted by Gasteiger charge is -2.22. The van der Waals surface area contributed by atoms with E-state index in [1.165, 1.54) is 0 Å². The molecule has 0 heterocycles. The lowest BCUT2D eigenvalue weighted by atomic mass is 10.0. The maximum Gasteiger partial charge on any atom is 0.326 e. The fourth-order valence-electron chi connectivity index (χ4n) is 1.65. The average molecular weight is 346 g/mol. The van der Waals surface area contributed by atoms with Gasteiger partial charge in [0.15, 0.2) is 0 Å². The molecule has 0 aromatic rings. The van der Waals surface area contributed by atoms with E-state index in [4.69, 9.17) is 15.9 Å². The molecular weight excluding hydrogens is 324 g/mol. The van der Waals surface area contributed by atoms with Crippen LogP contribution in [0.4, 0.5) is 0 Å². The molecule has 7 N–H and O–H groups in total. The number of aliphatic carboxylic acids is 2. The molecule has 11 nitrogen and oxygen atoms in total. The van der Waals surface area contributed by atoms with Crippen molar-refractivity contribution < 1.29 is 34.2 Å². The Balaban J connectivity index is 4.89. The van der Waals surface area contributed by atoms with Crippen molar-refractivity contribution in [2.75, 3.05) is 13.1 Å². The summed E-state index contributed by atoms with van der Waals surface area (Å²) in [5.74, 6) is -5.45. The van der Waals surface area contributed by atoms with Crippen LogP contribution in [0.25, 0.3) is 0 Å². The largest absolute Gasteiger partial charge is 0.481 e. The molecule has 11 heteroatoms. The highest BCUT2D eigenvalue weighted by Crippen LogP contribution is 2.03. The van der Waals surface area contributed by atoms with Gasteiger partial charge in [0.1, 0.15) is 12.1 Å². The zero-order valence-corrected chi connectivity index (χ0v) is 13.4. The number of rotatable bonds is 10. The molecule has 0 saturated heterocycles. The van der Waals surface area contributed by atoms with E-state index in [9.17, 15) is 24.0 Å². The third-order valence-corrected chi connectivity index (χ3v) is 2.89. The molecule has 136 valence electrons. The van der Waals surface area contributed by atoms with Gasteiger partial charge in [-0.05, 0) is 5.92 Å². The predicted octanol–water partition coefficient (Wildman–Crippen LogP) is -2.75. The zero-order valence-electron chi connectivity index (χ0n) is 13.4. The molecule has 24 heavy (non-hydrogen) atoms. The van der Waals surface area contributed by atoms with Gasteiger partial charge in [-0.15, -0.1) is 0 Å². The van der Waals surface area contributed by atoms with E-state index in [2.05, 4.69) is 16.0 Å². The molecular formula is C13H22N4O7. The van der Waals surface area contributed by atoms with Crippen molar-refractivity contribution in [2.24, 2.45) is 11.7 Å². The first-order chi connectivity index (χ1) is 11.1. The number of nitrogens with one attached hydrogen (secondary N) is 3. The number of carboxylic acids is 2. The molecule has 0 fully saturated rings. The van der Waals surface area contributed by atoms with Crippen molar-refractivity contribution in [1.29, 1.82) is 0 Å². The normalized spacial score (nSPS) is 12.8. The van der Waals surface area contributed by atoms with Gasteiger partial charge in [0, 0.05) is 0 Å². The fourth-order valence-corrected chi connectivity index (χ4v) is 1.65. The van der Waals surface area contributed by atoms with Crippen molar-refractivity contribution in [3.63, 3.8) is 0 Å². The second kappa shape index (κ2) is 10.2. The molecule has 3 amide bonds. The molecule has 2 unspecified atom stereocenters. The highest BCUT2D eigenvalue weighted by atomic mass is 16.4. The molecule has 0 radical (unpaired) electrons. The van der Waals surface area contributed by atoms with E-state index in [0.29, 0.717) is 0 Å². The average Bonchev–Trinajstić information content (AvgIpc) is 2.47. The Morgan fingerprint density at radius 3 is 2.00 bits per heavy atom. The van der Waals surface area contributed by atoms with Crippen molar-refractivity contribution >= 4 is 29.7 Å². The van der Waals surface area contributed by atoms with Crippen LogP contribution >= 0.6 is 0 Å². The Morgan fingerprint density at radius 2 is 1.58 bits per heavy atom. The topological polar surface area (TPSA) is 188 Å². The van der Waals surface area contributed by atoms with Crippen LogP contribution < -0.4 is 21.7 Å². The summed E-state index contributed by atoms with van der Waals surface area (Å²) >= 11 is 0. The van der Waals surface area contributed by atoms with E-state index in [-0.39, 0.29) is 6.54 Å². The SMILES string of the molecule is CC(C)C(NC(=O)C(CC(=O)O)NC(=O)CNC(=O)CN)C(=O)O. The Hall–Kier alpha value is -2.69. The molecule has 0 rings (SSSR count). The summed E-state index contributed by atoms with van der Waals surface area (Å²) in [7, 11) is 0. The summed E-state index contributed by atoms with van der Waals surface area (Å²) in [5.41, 5.74) is 5.04. The van der Waals surface area contributed by atoms with E-state index >= 15 is 0 Å². The van der Waals surface area contributed by atoms with Gasteiger partial charge in [0.05, 0.1) is 19.5 Å². The van der Waals surface area contributed by atoms with Crippen LogP contribution in [0.15, 0.2) is 0 Å². The van der Waals surface area contributed by atoms with Gasteiger partial charge in [-0.3, -0.25) is 19.2 Å². The van der Waals surface area contributed by atoms with Crippen LogP contribution in [-0.4, -0.2) is 65.0 Å². The lowest BCUT2D eigenvalue weighted by Crippen LogP contribution is -2.55. The van der Waals surface area contributed by atoms with Gasteiger partial charge < -0.3 is 31.9 Å². The summed E-state index contributed by atoms with van der Waals surface area (Å²) in [6.07, 6.45) is -0.743. The molecule has 0 aromatic carbocycles. The second-order valence-electron chi connectivity index (χ2n) is 5.27. The first kappa shape index (κ1) is 21.3.